The van der Waals surface area contributed by atoms with E-state index in [0.29, 0.717) is 5.92 Å². The van der Waals surface area contributed by atoms with Crippen molar-refractivity contribution >= 4 is 11.0 Å². The van der Waals surface area contributed by atoms with Crippen LogP contribution < -0.4 is 10.1 Å². The molecule has 1 N–H and O–H groups in total. The van der Waals surface area contributed by atoms with Crippen molar-refractivity contribution in [3.8, 4) is 5.75 Å². The number of aromatic nitrogens is 2. The lowest BCUT2D eigenvalue weighted by atomic mass is 10.0. The van der Waals surface area contributed by atoms with Crippen molar-refractivity contribution in [2.24, 2.45) is 5.92 Å². The van der Waals surface area contributed by atoms with Gasteiger partial charge in [0.25, 0.3) is 0 Å². The van der Waals surface area contributed by atoms with Gasteiger partial charge in [0.05, 0.1) is 5.52 Å². The van der Waals surface area contributed by atoms with E-state index in [9.17, 15) is 0 Å². The van der Waals surface area contributed by atoms with E-state index in [-0.39, 0.29) is 6.10 Å². The maximum absolute atomic E-state index is 6.14. The fourth-order valence-electron chi connectivity index (χ4n) is 2.52. The van der Waals surface area contributed by atoms with Gasteiger partial charge in [-0.2, -0.15) is 0 Å². The van der Waals surface area contributed by atoms with Crippen LogP contribution in [0.3, 0.4) is 0 Å². The van der Waals surface area contributed by atoms with Gasteiger partial charge in [-0.15, -0.1) is 6.58 Å². The first-order valence-electron chi connectivity index (χ1n) is 6.56. The van der Waals surface area contributed by atoms with E-state index in [1.165, 1.54) is 0 Å². The molecule has 1 saturated heterocycles. The minimum atomic E-state index is 0.172. The maximum atomic E-state index is 6.14. The molecule has 4 heteroatoms. The number of para-hydroxylation sites is 1. The van der Waals surface area contributed by atoms with Gasteiger partial charge in [-0.25, -0.2) is 4.98 Å². The molecule has 2 aromatic rings. The van der Waals surface area contributed by atoms with Gasteiger partial charge in [0.15, 0.2) is 0 Å². The summed E-state index contributed by atoms with van der Waals surface area (Å²) in [5.74, 6) is 1.29. The van der Waals surface area contributed by atoms with Crippen LogP contribution in [0.2, 0.25) is 0 Å². The molecule has 2 atom stereocenters. The summed E-state index contributed by atoms with van der Waals surface area (Å²) < 4.78 is 6.14. The van der Waals surface area contributed by atoms with Crippen LogP contribution in [0.15, 0.2) is 43.2 Å². The number of hydrogen-bond acceptors (Lipinski definition) is 4. The highest BCUT2D eigenvalue weighted by Crippen LogP contribution is 2.26. The highest BCUT2D eigenvalue weighted by atomic mass is 16.5. The molecule has 0 amide bonds. The minimum absolute atomic E-state index is 0.172. The van der Waals surface area contributed by atoms with E-state index in [1.807, 2.05) is 24.3 Å². The number of allylic oxidation sites excluding steroid dienone is 1. The standard InChI is InChI=1S/C15H17N3O/c1-2-4-11-9-16-10-14(11)19-13-6-3-5-12-15(13)18-8-7-17-12/h2-3,5-8,11,14,16H,1,4,9-10H2. The number of nitrogens with one attached hydrogen (secondary N) is 1. The number of hydrogen-bond donors (Lipinski definition) is 1. The van der Waals surface area contributed by atoms with Crippen molar-refractivity contribution in [3.05, 3.63) is 43.2 Å². The fourth-order valence-corrected chi connectivity index (χ4v) is 2.52. The molecule has 98 valence electrons. The van der Waals surface area contributed by atoms with Crippen LogP contribution in [0.4, 0.5) is 0 Å². The van der Waals surface area contributed by atoms with Crippen LogP contribution in [0.25, 0.3) is 11.0 Å². The largest absolute Gasteiger partial charge is 0.486 e. The van der Waals surface area contributed by atoms with Crippen LogP contribution in [-0.2, 0) is 0 Å². The van der Waals surface area contributed by atoms with Gasteiger partial charge >= 0.3 is 0 Å². The normalized spacial score (nSPS) is 22.5. The fraction of sp³-hybridized carbons (Fsp3) is 0.333. The smallest absolute Gasteiger partial charge is 0.147 e. The summed E-state index contributed by atoms with van der Waals surface area (Å²) in [6.45, 7) is 5.66. The summed E-state index contributed by atoms with van der Waals surface area (Å²) in [5, 5.41) is 3.37. The van der Waals surface area contributed by atoms with E-state index < -0.39 is 0 Å². The van der Waals surface area contributed by atoms with Gasteiger partial charge in [0.2, 0.25) is 0 Å². The second-order valence-electron chi connectivity index (χ2n) is 4.78. The Bertz CT molecular complexity index is 579. The predicted octanol–water partition coefficient (Wildman–Crippen LogP) is 2.17. The van der Waals surface area contributed by atoms with E-state index in [1.54, 1.807) is 12.4 Å². The Labute approximate surface area is 112 Å². The highest BCUT2D eigenvalue weighted by molar-refractivity contribution is 5.80. The van der Waals surface area contributed by atoms with Crippen molar-refractivity contribution in [1.82, 2.24) is 15.3 Å². The van der Waals surface area contributed by atoms with Crippen LogP contribution in [-0.4, -0.2) is 29.2 Å². The maximum Gasteiger partial charge on any atom is 0.147 e. The third-order valence-corrected chi connectivity index (χ3v) is 3.49. The Morgan fingerprint density at radius 3 is 3.11 bits per heavy atom. The van der Waals surface area contributed by atoms with Gasteiger partial charge in [-0.3, -0.25) is 4.98 Å². The zero-order valence-corrected chi connectivity index (χ0v) is 10.7. The Kier molecular flexibility index (Phi) is 3.42. The first-order chi connectivity index (χ1) is 9.38. The molecule has 1 aromatic heterocycles. The summed E-state index contributed by atoms with van der Waals surface area (Å²) in [6, 6.07) is 5.86. The Morgan fingerprint density at radius 1 is 1.32 bits per heavy atom. The topological polar surface area (TPSA) is 47.0 Å². The van der Waals surface area contributed by atoms with Crippen molar-refractivity contribution in [2.45, 2.75) is 12.5 Å². The number of rotatable bonds is 4. The average molecular weight is 255 g/mol. The van der Waals surface area contributed by atoms with E-state index in [0.717, 1.165) is 36.3 Å². The van der Waals surface area contributed by atoms with Crippen LogP contribution in [0, 0.1) is 5.92 Å². The minimum Gasteiger partial charge on any atom is -0.486 e. The van der Waals surface area contributed by atoms with Gasteiger partial charge in [0, 0.05) is 31.4 Å². The van der Waals surface area contributed by atoms with E-state index in [2.05, 4.69) is 21.9 Å². The zero-order chi connectivity index (χ0) is 13.1. The van der Waals surface area contributed by atoms with Crippen LogP contribution in [0.5, 0.6) is 5.75 Å². The molecule has 0 aliphatic carbocycles. The zero-order valence-electron chi connectivity index (χ0n) is 10.7. The quantitative estimate of drug-likeness (QED) is 0.851. The SMILES string of the molecule is C=CCC1CNCC1Oc1cccc2nccnc12. The average Bonchev–Trinajstić information content (AvgIpc) is 2.87. The summed E-state index contributed by atoms with van der Waals surface area (Å²) in [4.78, 5) is 8.66. The second kappa shape index (κ2) is 5.36. The molecule has 2 heterocycles. The third kappa shape index (κ3) is 2.44. The molecule has 0 radical (unpaired) electrons. The summed E-state index contributed by atoms with van der Waals surface area (Å²) in [7, 11) is 0. The van der Waals surface area contributed by atoms with Gasteiger partial charge in [-0.05, 0) is 18.6 Å². The molecule has 1 aliphatic heterocycles. The van der Waals surface area contributed by atoms with E-state index >= 15 is 0 Å². The summed E-state index contributed by atoms with van der Waals surface area (Å²) in [5.41, 5.74) is 1.69. The number of benzene rings is 1. The lowest BCUT2D eigenvalue weighted by molar-refractivity contribution is 0.177. The Morgan fingerprint density at radius 2 is 2.21 bits per heavy atom. The first-order valence-corrected chi connectivity index (χ1v) is 6.56. The molecule has 0 spiro atoms. The molecule has 0 bridgehead atoms. The number of nitrogens with zero attached hydrogens (tertiary/aromatic N) is 2. The monoisotopic (exact) mass is 255 g/mol. The molecular weight excluding hydrogens is 238 g/mol. The van der Waals surface area contributed by atoms with Crippen molar-refractivity contribution in [1.29, 1.82) is 0 Å². The van der Waals surface area contributed by atoms with Gasteiger partial charge in [-0.1, -0.05) is 12.1 Å². The molecule has 1 aliphatic rings. The summed E-state index contributed by atoms with van der Waals surface area (Å²) >= 11 is 0. The van der Waals surface area contributed by atoms with Crippen molar-refractivity contribution in [3.63, 3.8) is 0 Å². The molecule has 2 unspecified atom stereocenters. The lowest BCUT2D eigenvalue weighted by Crippen LogP contribution is -2.25. The number of ether oxygens (including phenoxy) is 1. The molecular formula is C15H17N3O. The van der Waals surface area contributed by atoms with E-state index in [4.69, 9.17) is 4.74 Å². The molecule has 1 fully saturated rings. The number of fused-ring (bicyclic) bond motifs is 1. The predicted molar refractivity (Wildman–Crippen MR) is 75.1 cm³/mol. The van der Waals surface area contributed by atoms with Gasteiger partial charge < -0.3 is 10.1 Å². The van der Waals surface area contributed by atoms with Crippen molar-refractivity contribution in [2.75, 3.05) is 13.1 Å². The van der Waals surface area contributed by atoms with Crippen LogP contribution >= 0.6 is 0 Å². The molecule has 4 nitrogen and oxygen atoms in total. The lowest BCUT2D eigenvalue weighted by Gasteiger charge is -2.19. The second-order valence-corrected chi connectivity index (χ2v) is 4.78. The summed E-state index contributed by atoms with van der Waals surface area (Å²) in [6.07, 6.45) is 6.49. The Balaban J connectivity index is 1.87. The molecule has 19 heavy (non-hydrogen) atoms. The van der Waals surface area contributed by atoms with Crippen molar-refractivity contribution < 1.29 is 4.74 Å². The molecule has 1 aromatic carbocycles. The highest BCUT2D eigenvalue weighted by Gasteiger charge is 2.28. The molecule has 3 rings (SSSR count). The Hall–Kier alpha value is -1.94. The van der Waals surface area contributed by atoms with Gasteiger partial charge in [0.1, 0.15) is 17.4 Å². The van der Waals surface area contributed by atoms with Crippen LogP contribution in [0.1, 0.15) is 6.42 Å². The first kappa shape index (κ1) is 12.1. The molecule has 0 saturated carbocycles. The third-order valence-electron chi connectivity index (χ3n) is 3.49.